The quantitative estimate of drug-likeness (QED) is 0.608. The van der Waals surface area contributed by atoms with Gasteiger partial charge < -0.3 is 10.2 Å². The van der Waals surface area contributed by atoms with E-state index in [2.05, 4.69) is 5.32 Å². The Balaban J connectivity index is 1.54. The second kappa shape index (κ2) is 7.84. The summed E-state index contributed by atoms with van der Waals surface area (Å²) in [4.78, 5) is 36.8. The van der Waals surface area contributed by atoms with Crippen molar-refractivity contribution < 1.29 is 27.6 Å². The topological polar surface area (TPSA) is 66.5 Å². The maximum atomic E-state index is 12.5. The number of benzene rings is 2. The monoisotopic (exact) mass is 390 g/mol. The molecule has 3 rings (SSSR count). The third kappa shape index (κ3) is 4.21. The summed E-state index contributed by atoms with van der Waals surface area (Å²) < 4.78 is 37.6. The van der Waals surface area contributed by atoms with Crippen molar-refractivity contribution in [3.05, 3.63) is 64.7 Å². The molecule has 1 aliphatic heterocycles. The summed E-state index contributed by atoms with van der Waals surface area (Å²) in [5, 5.41) is 2.53. The van der Waals surface area contributed by atoms with E-state index in [0.29, 0.717) is 18.5 Å². The van der Waals surface area contributed by atoms with Gasteiger partial charge >= 0.3 is 6.18 Å². The van der Waals surface area contributed by atoms with Crippen molar-refractivity contribution in [2.75, 3.05) is 18.0 Å². The Morgan fingerprint density at radius 3 is 2.39 bits per heavy atom. The number of halogens is 3. The number of nitrogens with zero attached hydrogens (tertiary/aromatic N) is 1. The molecule has 0 aromatic heterocycles. The third-order valence-corrected chi connectivity index (χ3v) is 4.57. The summed E-state index contributed by atoms with van der Waals surface area (Å²) in [6.07, 6.45) is -2.97. The first kappa shape index (κ1) is 19.6. The van der Waals surface area contributed by atoms with E-state index in [1.54, 1.807) is 23.1 Å². The molecule has 2 amide bonds. The average molecular weight is 390 g/mol. The first-order chi connectivity index (χ1) is 13.3. The Morgan fingerprint density at radius 1 is 1.07 bits per heavy atom. The molecule has 1 aliphatic rings. The fraction of sp³-hybridized carbons (Fsp3) is 0.250. The lowest BCUT2D eigenvalue weighted by molar-refractivity contribution is -0.137. The molecular weight excluding hydrogens is 373 g/mol. The number of rotatable bonds is 6. The summed E-state index contributed by atoms with van der Waals surface area (Å²) in [6, 6.07) is 8.99. The molecule has 2 aromatic rings. The minimum Gasteiger partial charge on any atom is -0.352 e. The van der Waals surface area contributed by atoms with Crippen LogP contribution in [0.15, 0.2) is 42.5 Å². The number of fused-ring (bicyclic) bond motifs is 1. The second-order valence-electron chi connectivity index (χ2n) is 6.40. The molecule has 0 fully saturated rings. The zero-order valence-corrected chi connectivity index (χ0v) is 14.8. The highest BCUT2D eigenvalue weighted by atomic mass is 19.4. The van der Waals surface area contributed by atoms with Crippen molar-refractivity contribution >= 4 is 23.8 Å². The predicted octanol–water partition coefficient (Wildman–Crippen LogP) is 3.23. The SMILES string of the molecule is O=CN1CCc2cc(C(=O)CCNC(=O)c3ccc(C(F)(F)F)cc3)ccc21. The minimum absolute atomic E-state index is 0.0581. The molecule has 5 nitrogen and oxygen atoms in total. The number of hydrogen-bond acceptors (Lipinski definition) is 3. The van der Waals surface area contributed by atoms with E-state index in [4.69, 9.17) is 0 Å². The van der Waals surface area contributed by atoms with Crippen LogP contribution < -0.4 is 10.2 Å². The number of hydrogen-bond donors (Lipinski definition) is 1. The van der Waals surface area contributed by atoms with E-state index in [1.807, 2.05) is 0 Å². The molecular formula is C20H17F3N2O3. The third-order valence-electron chi connectivity index (χ3n) is 4.57. The van der Waals surface area contributed by atoms with Gasteiger partial charge in [0.05, 0.1) is 5.56 Å². The molecule has 0 radical (unpaired) electrons. The highest BCUT2D eigenvalue weighted by molar-refractivity contribution is 5.98. The standard InChI is InChI=1S/C20H17F3N2O3/c21-20(22,23)16-4-1-13(2-5-16)19(28)24-9-7-18(27)15-3-6-17-14(11-15)8-10-25(17)12-26/h1-6,11-12H,7-10H2,(H,24,28). The zero-order valence-electron chi connectivity index (χ0n) is 14.8. The number of alkyl halides is 3. The molecule has 1 N–H and O–H groups in total. The lowest BCUT2D eigenvalue weighted by atomic mass is 10.0. The molecule has 0 bridgehead atoms. The molecule has 0 saturated carbocycles. The van der Waals surface area contributed by atoms with Gasteiger partial charge in [-0.15, -0.1) is 0 Å². The molecule has 0 aliphatic carbocycles. The molecule has 146 valence electrons. The van der Waals surface area contributed by atoms with E-state index in [1.165, 1.54) is 0 Å². The first-order valence-corrected chi connectivity index (χ1v) is 8.63. The molecule has 0 spiro atoms. The number of ketones is 1. The number of nitrogens with one attached hydrogen (secondary N) is 1. The first-order valence-electron chi connectivity index (χ1n) is 8.63. The molecule has 2 aromatic carbocycles. The van der Waals surface area contributed by atoms with E-state index < -0.39 is 17.6 Å². The van der Waals surface area contributed by atoms with Gasteiger partial charge in [-0.25, -0.2) is 0 Å². The van der Waals surface area contributed by atoms with Crippen molar-refractivity contribution in [3.8, 4) is 0 Å². The van der Waals surface area contributed by atoms with Gasteiger partial charge in [0.15, 0.2) is 5.78 Å². The van der Waals surface area contributed by atoms with Crippen molar-refractivity contribution in [3.63, 3.8) is 0 Å². The van der Waals surface area contributed by atoms with E-state index in [-0.39, 0.29) is 24.3 Å². The molecule has 0 saturated heterocycles. The smallest absolute Gasteiger partial charge is 0.352 e. The molecule has 28 heavy (non-hydrogen) atoms. The average Bonchev–Trinajstić information content (AvgIpc) is 3.09. The highest BCUT2D eigenvalue weighted by Crippen LogP contribution is 2.29. The van der Waals surface area contributed by atoms with Gasteiger partial charge in [0.25, 0.3) is 5.91 Å². The maximum absolute atomic E-state index is 12.5. The van der Waals surface area contributed by atoms with Crippen molar-refractivity contribution in [1.82, 2.24) is 5.32 Å². The summed E-state index contributed by atoms with van der Waals surface area (Å²) in [6.45, 7) is 0.649. The van der Waals surface area contributed by atoms with Crippen molar-refractivity contribution in [2.24, 2.45) is 0 Å². The maximum Gasteiger partial charge on any atom is 0.416 e. The molecule has 8 heteroatoms. The fourth-order valence-electron chi connectivity index (χ4n) is 3.06. The van der Waals surface area contributed by atoms with Crippen LogP contribution in [0, 0.1) is 0 Å². The highest BCUT2D eigenvalue weighted by Gasteiger charge is 2.30. The van der Waals surface area contributed by atoms with Crippen LogP contribution in [0.5, 0.6) is 0 Å². The van der Waals surface area contributed by atoms with Gasteiger partial charge in [0.2, 0.25) is 6.41 Å². The Labute approximate surface area is 159 Å². The van der Waals surface area contributed by atoms with E-state index in [9.17, 15) is 27.6 Å². The lowest BCUT2D eigenvalue weighted by Crippen LogP contribution is -2.26. The Bertz CT molecular complexity index is 908. The summed E-state index contributed by atoms with van der Waals surface area (Å²) in [5.74, 6) is -0.711. The zero-order chi connectivity index (χ0) is 20.3. The van der Waals surface area contributed by atoms with Crippen LogP contribution in [0.2, 0.25) is 0 Å². The Morgan fingerprint density at radius 2 is 1.75 bits per heavy atom. The largest absolute Gasteiger partial charge is 0.416 e. The van der Waals surface area contributed by atoms with Crippen molar-refractivity contribution in [1.29, 1.82) is 0 Å². The number of carbonyl (C=O) groups is 3. The number of carbonyl (C=O) groups excluding carboxylic acids is 3. The van der Waals surface area contributed by atoms with Gasteiger partial charge in [-0.05, 0) is 54.4 Å². The number of amides is 2. The van der Waals surface area contributed by atoms with E-state index >= 15 is 0 Å². The lowest BCUT2D eigenvalue weighted by Gasteiger charge is -2.10. The number of anilines is 1. The van der Waals surface area contributed by atoms with Crippen LogP contribution in [0.1, 0.15) is 38.3 Å². The van der Waals surface area contributed by atoms with Crippen LogP contribution in [0.4, 0.5) is 18.9 Å². The van der Waals surface area contributed by atoms with Crippen LogP contribution in [-0.4, -0.2) is 31.2 Å². The van der Waals surface area contributed by atoms with Gasteiger partial charge in [-0.1, -0.05) is 0 Å². The van der Waals surface area contributed by atoms with Crippen molar-refractivity contribution in [2.45, 2.75) is 19.0 Å². The minimum atomic E-state index is -4.46. The summed E-state index contributed by atoms with van der Waals surface area (Å²) in [5.41, 5.74) is 1.47. The Kier molecular flexibility index (Phi) is 5.48. The summed E-state index contributed by atoms with van der Waals surface area (Å²) >= 11 is 0. The van der Waals surface area contributed by atoms with Gasteiger partial charge in [-0.2, -0.15) is 13.2 Å². The normalized spacial score (nSPS) is 13.2. The molecule has 1 heterocycles. The Hall–Kier alpha value is -3.16. The van der Waals surface area contributed by atoms with Crippen LogP contribution in [0.3, 0.4) is 0 Å². The van der Waals surface area contributed by atoms with Crippen LogP contribution in [-0.2, 0) is 17.4 Å². The van der Waals surface area contributed by atoms with Gasteiger partial charge in [-0.3, -0.25) is 14.4 Å². The van der Waals surface area contributed by atoms with Gasteiger partial charge in [0, 0.05) is 36.3 Å². The predicted molar refractivity (Wildman–Crippen MR) is 96.3 cm³/mol. The van der Waals surface area contributed by atoms with Crippen LogP contribution >= 0.6 is 0 Å². The molecule has 0 unspecified atom stereocenters. The van der Waals surface area contributed by atoms with E-state index in [0.717, 1.165) is 41.9 Å². The van der Waals surface area contributed by atoms with Crippen LogP contribution in [0.25, 0.3) is 0 Å². The number of Topliss-reactive ketones (excluding diaryl/α,β-unsaturated/α-hetero) is 1. The van der Waals surface area contributed by atoms with Gasteiger partial charge in [0.1, 0.15) is 0 Å². The summed E-state index contributed by atoms with van der Waals surface area (Å²) in [7, 11) is 0. The molecule has 0 atom stereocenters. The second-order valence-corrected chi connectivity index (χ2v) is 6.40. The fourth-order valence-corrected chi connectivity index (χ4v) is 3.06.